The topological polar surface area (TPSA) is 29.9 Å². The van der Waals surface area contributed by atoms with E-state index in [1.165, 1.54) is 70.0 Å². The molecule has 0 aliphatic carbocycles. The molecule has 0 aliphatic heterocycles. The Morgan fingerprint density at radius 3 is 2.24 bits per heavy atom. The molecule has 0 radical (unpaired) electrons. The van der Waals surface area contributed by atoms with E-state index >= 15 is 0 Å². The Bertz CT molecular complexity index is 346. The van der Waals surface area contributed by atoms with Crippen LogP contribution in [0.2, 0.25) is 0 Å². The van der Waals surface area contributed by atoms with Crippen molar-refractivity contribution >= 4 is 0 Å². The van der Waals surface area contributed by atoms with Crippen LogP contribution in [0.3, 0.4) is 0 Å². The van der Waals surface area contributed by atoms with E-state index in [1.54, 1.807) is 0 Å². The minimum absolute atomic E-state index is 0.421. The van der Waals surface area contributed by atoms with Gasteiger partial charge in [0.1, 0.15) is 5.82 Å². The van der Waals surface area contributed by atoms with Crippen LogP contribution in [0.4, 0.5) is 0 Å². The predicted octanol–water partition coefficient (Wildman–Crippen LogP) is 4.99. The third kappa shape index (κ3) is 7.66. The van der Waals surface area contributed by atoms with Gasteiger partial charge in [-0.3, -0.25) is 0 Å². The van der Waals surface area contributed by atoms with Crippen molar-refractivity contribution in [1.29, 1.82) is 0 Å². The third-order valence-corrected chi connectivity index (χ3v) is 4.16. The number of imidazole rings is 1. The van der Waals surface area contributed by atoms with E-state index in [2.05, 4.69) is 35.8 Å². The van der Waals surface area contributed by atoms with Crippen LogP contribution in [-0.4, -0.2) is 16.1 Å². The molecule has 0 saturated heterocycles. The Kier molecular flexibility index (Phi) is 10.2. The first-order valence-corrected chi connectivity index (χ1v) is 9.00. The molecule has 0 aliphatic rings. The van der Waals surface area contributed by atoms with E-state index in [9.17, 15) is 0 Å². The van der Waals surface area contributed by atoms with Gasteiger partial charge in [-0.05, 0) is 19.4 Å². The largest absolute Gasteiger partial charge is 0.337 e. The fourth-order valence-electron chi connectivity index (χ4n) is 2.84. The number of hydrogen-bond acceptors (Lipinski definition) is 2. The maximum absolute atomic E-state index is 4.52. The molecule has 21 heavy (non-hydrogen) atoms. The molecule has 122 valence electrons. The molecule has 0 saturated carbocycles. The Balaban J connectivity index is 2.20. The van der Waals surface area contributed by atoms with Crippen molar-refractivity contribution in [3.8, 4) is 0 Å². The van der Waals surface area contributed by atoms with Crippen molar-refractivity contribution < 1.29 is 0 Å². The highest BCUT2D eigenvalue weighted by Crippen LogP contribution is 2.19. The molecule has 1 atom stereocenters. The first kappa shape index (κ1) is 18.2. The number of rotatable bonds is 13. The fraction of sp³-hybridized carbons (Fsp3) is 0.833. The Morgan fingerprint density at radius 2 is 1.67 bits per heavy atom. The van der Waals surface area contributed by atoms with Crippen LogP contribution in [-0.2, 0) is 7.05 Å². The summed E-state index contributed by atoms with van der Waals surface area (Å²) in [6.45, 7) is 5.58. The SMILES string of the molecule is CCCCCCCCCCC(NCCC)c1nccn1C. The second kappa shape index (κ2) is 11.8. The Morgan fingerprint density at radius 1 is 1.00 bits per heavy atom. The highest BCUT2D eigenvalue weighted by Gasteiger charge is 2.14. The summed E-state index contributed by atoms with van der Waals surface area (Å²) in [5.41, 5.74) is 0. The zero-order valence-electron chi connectivity index (χ0n) is 14.4. The molecule has 0 aromatic carbocycles. The van der Waals surface area contributed by atoms with E-state index in [0.717, 1.165) is 6.54 Å². The highest BCUT2D eigenvalue weighted by molar-refractivity contribution is 4.98. The first-order chi connectivity index (χ1) is 10.3. The second-order valence-electron chi connectivity index (χ2n) is 6.17. The number of nitrogens with zero attached hydrogens (tertiary/aromatic N) is 2. The van der Waals surface area contributed by atoms with Gasteiger partial charge < -0.3 is 9.88 Å². The molecule has 3 nitrogen and oxygen atoms in total. The first-order valence-electron chi connectivity index (χ1n) is 9.00. The average molecular weight is 293 g/mol. The van der Waals surface area contributed by atoms with Gasteiger partial charge in [-0.25, -0.2) is 4.98 Å². The molecular formula is C18H35N3. The van der Waals surface area contributed by atoms with Gasteiger partial charge in [0.15, 0.2) is 0 Å². The molecule has 1 unspecified atom stereocenters. The molecule has 0 bridgehead atoms. The molecule has 1 aromatic rings. The van der Waals surface area contributed by atoms with Gasteiger partial charge in [-0.15, -0.1) is 0 Å². The lowest BCUT2D eigenvalue weighted by Gasteiger charge is -2.18. The van der Waals surface area contributed by atoms with Crippen LogP contribution in [0.25, 0.3) is 0 Å². The van der Waals surface area contributed by atoms with Crippen molar-refractivity contribution in [2.24, 2.45) is 7.05 Å². The molecule has 1 N–H and O–H groups in total. The van der Waals surface area contributed by atoms with E-state index < -0.39 is 0 Å². The molecule has 0 fully saturated rings. The summed E-state index contributed by atoms with van der Waals surface area (Å²) < 4.78 is 2.15. The molecule has 1 rings (SSSR count). The third-order valence-electron chi connectivity index (χ3n) is 4.16. The normalized spacial score (nSPS) is 12.7. The van der Waals surface area contributed by atoms with Gasteiger partial charge in [-0.2, -0.15) is 0 Å². The number of nitrogens with one attached hydrogen (secondary N) is 1. The smallest absolute Gasteiger partial charge is 0.125 e. The maximum Gasteiger partial charge on any atom is 0.125 e. The van der Waals surface area contributed by atoms with Crippen LogP contribution >= 0.6 is 0 Å². The summed E-state index contributed by atoms with van der Waals surface area (Å²) in [6, 6.07) is 0.421. The predicted molar refractivity (Wildman–Crippen MR) is 91.5 cm³/mol. The summed E-state index contributed by atoms with van der Waals surface area (Å²) >= 11 is 0. The molecule has 1 aromatic heterocycles. The van der Waals surface area contributed by atoms with Crippen LogP contribution in [0, 0.1) is 0 Å². The van der Waals surface area contributed by atoms with Crippen molar-refractivity contribution in [2.75, 3.05) is 6.54 Å². The summed E-state index contributed by atoms with van der Waals surface area (Å²) in [5, 5.41) is 3.65. The van der Waals surface area contributed by atoms with Crippen LogP contribution < -0.4 is 5.32 Å². The maximum atomic E-state index is 4.52. The molecule has 0 spiro atoms. The van der Waals surface area contributed by atoms with Crippen molar-refractivity contribution in [3.63, 3.8) is 0 Å². The van der Waals surface area contributed by atoms with Crippen molar-refractivity contribution in [3.05, 3.63) is 18.2 Å². The highest BCUT2D eigenvalue weighted by atomic mass is 15.1. The summed E-state index contributed by atoms with van der Waals surface area (Å²) in [6.07, 6.45) is 17.4. The standard InChI is InChI=1S/C18H35N3/c1-4-6-7-8-9-10-11-12-13-17(19-14-5-2)18-20-15-16-21(18)3/h15-17,19H,4-14H2,1-3H3. The van der Waals surface area contributed by atoms with Gasteiger partial charge >= 0.3 is 0 Å². The lowest BCUT2D eigenvalue weighted by molar-refractivity contribution is 0.439. The molecular weight excluding hydrogens is 258 g/mol. The van der Waals surface area contributed by atoms with Crippen molar-refractivity contribution in [1.82, 2.24) is 14.9 Å². The number of aryl methyl sites for hydroxylation is 1. The Labute approximate surface area is 131 Å². The molecule has 1 heterocycles. The molecule has 0 amide bonds. The van der Waals surface area contributed by atoms with Crippen LogP contribution in [0.1, 0.15) is 89.9 Å². The summed E-state index contributed by atoms with van der Waals surface area (Å²) in [7, 11) is 2.09. The van der Waals surface area contributed by atoms with Gasteiger partial charge in [-0.1, -0.05) is 65.2 Å². The van der Waals surface area contributed by atoms with Gasteiger partial charge in [0.25, 0.3) is 0 Å². The van der Waals surface area contributed by atoms with E-state index in [1.807, 2.05) is 12.4 Å². The minimum Gasteiger partial charge on any atom is -0.337 e. The van der Waals surface area contributed by atoms with E-state index in [0.29, 0.717) is 6.04 Å². The van der Waals surface area contributed by atoms with E-state index in [4.69, 9.17) is 0 Å². The number of hydrogen-bond donors (Lipinski definition) is 1. The summed E-state index contributed by atoms with van der Waals surface area (Å²) in [5.74, 6) is 1.19. The van der Waals surface area contributed by atoms with Gasteiger partial charge in [0.2, 0.25) is 0 Å². The zero-order chi connectivity index (χ0) is 15.3. The fourth-order valence-corrected chi connectivity index (χ4v) is 2.84. The lowest BCUT2D eigenvalue weighted by atomic mass is 10.0. The van der Waals surface area contributed by atoms with Crippen LogP contribution in [0.5, 0.6) is 0 Å². The monoisotopic (exact) mass is 293 g/mol. The second-order valence-corrected chi connectivity index (χ2v) is 6.17. The van der Waals surface area contributed by atoms with E-state index in [-0.39, 0.29) is 0 Å². The molecule has 3 heteroatoms. The summed E-state index contributed by atoms with van der Waals surface area (Å²) in [4.78, 5) is 4.52. The van der Waals surface area contributed by atoms with Gasteiger partial charge in [0, 0.05) is 19.4 Å². The zero-order valence-corrected chi connectivity index (χ0v) is 14.4. The average Bonchev–Trinajstić information content (AvgIpc) is 2.91. The quantitative estimate of drug-likeness (QED) is 0.519. The van der Waals surface area contributed by atoms with Crippen molar-refractivity contribution in [2.45, 2.75) is 84.1 Å². The van der Waals surface area contributed by atoms with Gasteiger partial charge in [0.05, 0.1) is 6.04 Å². The number of unbranched alkanes of at least 4 members (excludes halogenated alkanes) is 7. The number of aromatic nitrogens is 2. The minimum atomic E-state index is 0.421. The lowest BCUT2D eigenvalue weighted by Crippen LogP contribution is -2.24. The van der Waals surface area contributed by atoms with Crippen LogP contribution in [0.15, 0.2) is 12.4 Å². The Hall–Kier alpha value is -0.830.